The summed E-state index contributed by atoms with van der Waals surface area (Å²) in [4.78, 5) is 9.52. The maximum Gasteiger partial charge on any atom is 0.223 e. The fraction of sp³-hybridized carbons (Fsp3) is 0.538. The second-order valence-corrected chi connectivity index (χ2v) is 5.85. The minimum Gasteiger partial charge on any atom is -0.369 e. The zero-order valence-electron chi connectivity index (χ0n) is 10.4. The highest BCUT2D eigenvalue weighted by Crippen LogP contribution is 2.28. The maximum atomic E-state index is 5.74. The van der Waals surface area contributed by atoms with Crippen LogP contribution in [0.5, 0.6) is 0 Å². The average molecular weight is 262 g/mol. The van der Waals surface area contributed by atoms with Gasteiger partial charge in [-0.3, -0.25) is 0 Å². The molecule has 0 aromatic carbocycles. The van der Waals surface area contributed by atoms with E-state index in [9.17, 15) is 0 Å². The van der Waals surface area contributed by atoms with Gasteiger partial charge in [-0.2, -0.15) is 4.98 Å². The highest BCUT2D eigenvalue weighted by molar-refractivity contribution is 7.16. The van der Waals surface area contributed by atoms with Crippen molar-refractivity contribution in [1.82, 2.24) is 9.97 Å². The number of nitrogens with zero attached hydrogens (tertiary/aromatic N) is 2. The lowest BCUT2D eigenvalue weighted by Crippen LogP contribution is -2.18. The molecule has 0 bridgehead atoms. The van der Waals surface area contributed by atoms with E-state index in [-0.39, 0.29) is 0 Å². The van der Waals surface area contributed by atoms with Gasteiger partial charge in [0.25, 0.3) is 0 Å². The molecule has 0 amide bonds. The summed E-state index contributed by atoms with van der Waals surface area (Å²) < 4.78 is 0. The zero-order chi connectivity index (χ0) is 12.4. The number of fused-ring (bicyclic) bond motifs is 1. The van der Waals surface area contributed by atoms with Crippen LogP contribution in [0, 0.1) is 5.92 Å². The third-order valence-electron chi connectivity index (χ3n) is 3.63. The third kappa shape index (κ3) is 2.41. The number of hydrogen-bond donors (Lipinski definition) is 2. The summed E-state index contributed by atoms with van der Waals surface area (Å²) in [6.07, 6.45) is 6.80. The van der Waals surface area contributed by atoms with Gasteiger partial charge in [0.05, 0.1) is 5.39 Å². The van der Waals surface area contributed by atoms with Crippen LogP contribution in [0.2, 0.25) is 0 Å². The predicted molar refractivity (Wildman–Crippen MR) is 76.9 cm³/mol. The maximum absolute atomic E-state index is 5.74. The van der Waals surface area contributed by atoms with E-state index >= 15 is 0 Å². The largest absolute Gasteiger partial charge is 0.369 e. The van der Waals surface area contributed by atoms with Crippen molar-refractivity contribution in [1.29, 1.82) is 0 Å². The molecule has 1 saturated carbocycles. The summed E-state index contributed by atoms with van der Waals surface area (Å²) in [5.74, 6) is 2.03. The Morgan fingerprint density at radius 2 is 2.11 bits per heavy atom. The molecular formula is C13H18N4S. The van der Waals surface area contributed by atoms with Crippen molar-refractivity contribution < 1.29 is 0 Å². The molecule has 2 aromatic heterocycles. The van der Waals surface area contributed by atoms with E-state index in [0.717, 1.165) is 28.5 Å². The first kappa shape index (κ1) is 11.7. The number of nitrogens with two attached hydrogens (primary N) is 1. The number of anilines is 2. The van der Waals surface area contributed by atoms with Crippen LogP contribution in [0.4, 0.5) is 11.8 Å². The summed E-state index contributed by atoms with van der Waals surface area (Å²) in [5.41, 5.74) is 5.74. The van der Waals surface area contributed by atoms with Crippen molar-refractivity contribution in [3.63, 3.8) is 0 Å². The Morgan fingerprint density at radius 1 is 1.28 bits per heavy atom. The second-order valence-electron chi connectivity index (χ2n) is 4.95. The van der Waals surface area contributed by atoms with Gasteiger partial charge in [0.15, 0.2) is 0 Å². The van der Waals surface area contributed by atoms with Crippen molar-refractivity contribution >= 4 is 33.3 Å². The van der Waals surface area contributed by atoms with Gasteiger partial charge in [-0.1, -0.05) is 19.3 Å². The minimum atomic E-state index is 0.357. The standard InChI is InChI=1S/C13H18N4S/c14-13-16-11(10-6-7-18-12(10)17-13)15-8-9-4-2-1-3-5-9/h6-7,9H,1-5,8H2,(H3,14,15,16,17). The van der Waals surface area contributed by atoms with Crippen molar-refractivity contribution in [2.45, 2.75) is 32.1 Å². The molecule has 0 aliphatic heterocycles. The van der Waals surface area contributed by atoms with Gasteiger partial charge < -0.3 is 11.1 Å². The zero-order valence-corrected chi connectivity index (χ0v) is 11.2. The number of rotatable bonds is 3. The summed E-state index contributed by atoms with van der Waals surface area (Å²) in [6, 6.07) is 2.06. The lowest BCUT2D eigenvalue weighted by molar-refractivity contribution is 0.373. The van der Waals surface area contributed by atoms with Crippen LogP contribution in [0.25, 0.3) is 10.2 Å². The topological polar surface area (TPSA) is 63.8 Å². The molecule has 3 N–H and O–H groups in total. The van der Waals surface area contributed by atoms with Crippen molar-refractivity contribution in [2.24, 2.45) is 5.92 Å². The van der Waals surface area contributed by atoms with Crippen molar-refractivity contribution in [2.75, 3.05) is 17.6 Å². The fourth-order valence-corrected chi connectivity index (χ4v) is 3.41. The molecule has 1 fully saturated rings. The summed E-state index contributed by atoms with van der Waals surface area (Å²) >= 11 is 1.61. The molecule has 18 heavy (non-hydrogen) atoms. The van der Waals surface area contributed by atoms with Gasteiger partial charge in [-0.25, -0.2) is 4.98 Å². The molecular weight excluding hydrogens is 244 g/mol. The van der Waals surface area contributed by atoms with Crippen molar-refractivity contribution in [3.05, 3.63) is 11.4 Å². The van der Waals surface area contributed by atoms with Gasteiger partial charge in [0.2, 0.25) is 5.95 Å². The Morgan fingerprint density at radius 3 is 2.94 bits per heavy atom. The highest BCUT2D eigenvalue weighted by atomic mass is 32.1. The van der Waals surface area contributed by atoms with E-state index in [4.69, 9.17) is 5.73 Å². The molecule has 4 nitrogen and oxygen atoms in total. The highest BCUT2D eigenvalue weighted by Gasteiger charge is 2.14. The summed E-state index contributed by atoms with van der Waals surface area (Å²) in [5, 5.41) is 6.58. The first-order valence-electron chi connectivity index (χ1n) is 6.57. The Bertz CT molecular complexity index is 531. The molecule has 2 heterocycles. The number of thiophene rings is 1. The second kappa shape index (κ2) is 5.10. The number of nitrogens with one attached hydrogen (secondary N) is 1. The molecule has 3 rings (SSSR count). The Balaban J connectivity index is 1.75. The van der Waals surface area contributed by atoms with E-state index in [2.05, 4.69) is 21.4 Å². The lowest BCUT2D eigenvalue weighted by Gasteiger charge is -2.22. The Hall–Kier alpha value is -1.36. The smallest absolute Gasteiger partial charge is 0.223 e. The van der Waals surface area contributed by atoms with Gasteiger partial charge in [-0.05, 0) is 30.2 Å². The van der Waals surface area contributed by atoms with Crippen LogP contribution >= 0.6 is 11.3 Å². The molecule has 96 valence electrons. The third-order valence-corrected chi connectivity index (χ3v) is 4.43. The average Bonchev–Trinajstić information content (AvgIpc) is 2.85. The van der Waals surface area contributed by atoms with E-state index in [1.807, 2.05) is 5.38 Å². The van der Waals surface area contributed by atoms with Gasteiger partial charge in [0, 0.05) is 6.54 Å². The van der Waals surface area contributed by atoms with Crippen LogP contribution in [-0.2, 0) is 0 Å². The normalized spacial score (nSPS) is 17.1. The van der Waals surface area contributed by atoms with Crippen LogP contribution in [0.15, 0.2) is 11.4 Å². The van der Waals surface area contributed by atoms with Crippen LogP contribution in [0.1, 0.15) is 32.1 Å². The fourth-order valence-electron chi connectivity index (χ4n) is 2.64. The molecule has 5 heteroatoms. The molecule has 0 spiro atoms. The monoisotopic (exact) mass is 262 g/mol. The molecule has 1 aliphatic rings. The lowest BCUT2D eigenvalue weighted by atomic mass is 9.89. The van der Waals surface area contributed by atoms with E-state index < -0.39 is 0 Å². The van der Waals surface area contributed by atoms with Crippen LogP contribution in [-0.4, -0.2) is 16.5 Å². The molecule has 0 unspecified atom stereocenters. The van der Waals surface area contributed by atoms with E-state index in [1.165, 1.54) is 32.1 Å². The van der Waals surface area contributed by atoms with E-state index in [0.29, 0.717) is 5.95 Å². The molecule has 0 atom stereocenters. The van der Waals surface area contributed by atoms with Crippen molar-refractivity contribution in [3.8, 4) is 0 Å². The summed E-state index contributed by atoms with van der Waals surface area (Å²) in [7, 11) is 0. The minimum absolute atomic E-state index is 0.357. The molecule has 2 aromatic rings. The quantitative estimate of drug-likeness (QED) is 0.891. The number of nitrogen functional groups attached to an aromatic ring is 1. The van der Waals surface area contributed by atoms with Gasteiger partial charge in [0.1, 0.15) is 10.6 Å². The summed E-state index contributed by atoms with van der Waals surface area (Å²) in [6.45, 7) is 1.00. The molecule has 1 aliphatic carbocycles. The first-order valence-corrected chi connectivity index (χ1v) is 7.45. The van der Waals surface area contributed by atoms with Crippen LogP contribution in [0.3, 0.4) is 0 Å². The SMILES string of the molecule is Nc1nc(NCC2CCCCC2)c2ccsc2n1. The Kier molecular flexibility index (Phi) is 3.32. The number of hydrogen-bond acceptors (Lipinski definition) is 5. The molecule has 0 saturated heterocycles. The number of aromatic nitrogens is 2. The van der Waals surface area contributed by atoms with Gasteiger partial charge >= 0.3 is 0 Å². The van der Waals surface area contributed by atoms with E-state index in [1.54, 1.807) is 11.3 Å². The molecule has 0 radical (unpaired) electrons. The van der Waals surface area contributed by atoms with Gasteiger partial charge in [-0.15, -0.1) is 11.3 Å². The van der Waals surface area contributed by atoms with Crippen LogP contribution < -0.4 is 11.1 Å². The first-order chi connectivity index (χ1) is 8.83. The Labute approximate surface area is 111 Å². The predicted octanol–water partition coefficient (Wildman–Crippen LogP) is 3.27.